The Morgan fingerprint density at radius 2 is 2.21 bits per heavy atom. The van der Waals surface area contributed by atoms with Gasteiger partial charge >= 0.3 is 0 Å². The first-order valence-corrected chi connectivity index (χ1v) is 6.53. The van der Waals surface area contributed by atoms with Gasteiger partial charge in [-0.15, -0.1) is 11.3 Å². The standard InChI is InChI=1S/C12H11N5OS/c1-7-6-19-11(15-7)3-10-16-12(18-17-10)8-2-9(13)5-14-4-8/h2,4-6H,3,13H2,1H3. The molecule has 3 aromatic heterocycles. The molecule has 0 aliphatic heterocycles. The topological polar surface area (TPSA) is 90.7 Å². The van der Waals surface area contributed by atoms with Crippen LogP contribution in [0.15, 0.2) is 28.4 Å². The Balaban J connectivity index is 1.83. The van der Waals surface area contributed by atoms with Gasteiger partial charge in [0.05, 0.1) is 17.7 Å². The number of aryl methyl sites for hydroxylation is 1. The Kier molecular flexibility index (Phi) is 2.96. The smallest absolute Gasteiger partial charge is 0.259 e. The van der Waals surface area contributed by atoms with Gasteiger partial charge in [0.2, 0.25) is 0 Å². The van der Waals surface area contributed by atoms with Crippen LogP contribution in [0.1, 0.15) is 16.5 Å². The summed E-state index contributed by atoms with van der Waals surface area (Å²) in [5.74, 6) is 1.02. The lowest BCUT2D eigenvalue weighted by Crippen LogP contribution is -1.91. The van der Waals surface area contributed by atoms with Crippen molar-refractivity contribution >= 4 is 17.0 Å². The van der Waals surface area contributed by atoms with E-state index in [1.807, 2.05) is 12.3 Å². The number of thiazole rings is 1. The Labute approximate surface area is 113 Å². The van der Waals surface area contributed by atoms with Gasteiger partial charge in [0.15, 0.2) is 5.82 Å². The van der Waals surface area contributed by atoms with Crippen LogP contribution < -0.4 is 5.73 Å². The Morgan fingerprint density at radius 3 is 2.95 bits per heavy atom. The molecular formula is C12H11N5OS. The van der Waals surface area contributed by atoms with Gasteiger partial charge < -0.3 is 10.3 Å². The first-order chi connectivity index (χ1) is 9.20. The molecule has 0 unspecified atom stereocenters. The van der Waals surface area contributed by atoms with Crippen molar-refractivity contribution < 1.29 is 4.52 Å². The number of rotatable bonds is 3. The SMILES string of the molecule is Cc1csc(Cc2noc(-c3cncc(N)c3)n2)n1. The summed E-state index contributed by atoms with van der Waals surface area (Å²) in [7, 11) is 0. The van der Waals surface area contributed by atoms with E-state index in [1.54, 1.807) is 29.8 Å². The molecule has 3 heterocycles. The van der Waals surface area contributed by atoms with Crippen molar-refractivity contribution in [3.05, 3.63) is 40.4 Å². The molecule has 0 saturated carbocycles. The molecule has 0 fully saturated rings. The van der Waals surface area contributed by atoms with Gasteiger partial charge in [0.1, 0.15) is 5.01 Å². The minimum atomic E-state index is 0.420. The molecule has 0 saturated heterocycles. The van der Waals surface area contributed by atoms with E-state index in [-0.39, 0.29) is 0 Å². The van der Waals surface area contributed by atoms with E-state index in [9.17, 15) is 0 Å². The monoisotopic (exact) mass is 273 g/mol. The first-order valence-electron chi connectivity index (χ1n) is 5.65. The molecule has 96 valence electrons. The zero-order chi connectivity index (χ0) is 13.2. The fourth-order valence-corrected chi connectivity index (χ4v) is 2.41. The molecule has 0 spiro atoms. The van der Waals surface area contributed by atoms with Crippen molar-refractivity contribution in [2.45, 2.75) is 13.3 Å². The lowest BCUT2D eigenvalue weighted by atomic mass is 10.2. The summed E-state index contributed by atoms with van der Waals surface area (Å²) in [6.45, 7) is 1.96. The normalized spacial score (nSPS) is 10.8. The van der Waals surface area contributed by atoms with Crippen molar-refractivity contribution in [1.82, 2.24) is 20.1 Å². The van der Waals surface area contributed by atoms with Crippen LogP contribution >= 0.6 is 11.3 Å². The molecule has 0 atom stereocenters. The van der Waals surface area contributed by atoms with Gasteiger partial charge in [-0.3, -0.25) is 4.98 Å². The highest BCUT2D eigenvalue weighted by atomic mass is 32.1. The summed E-state index contributed by atoms with van der Waals surface area (Å²) in [6.07, 6.45) is 3.78. The predicted molar refractivity (Wildman–Crippen MR) is 71.6 cm³/mol. The summed E-state index contributed by atoms with van der Waals surface area (Å²) in [5, 5.41) is 6.91. The third kappa shape index (κ3) is 2.60. The first kappa shape index (κ1) is 11.8. The molecule has 0 aliphatic rings. The molecule has 0 radical (unpaired) electrons. The van der Waals surface area contributed by atoms with Crippen LogP contribution in [0, 0.1) is 6.92 Å². The number of nitrogen functional groups attached to an aromatic ring is 1. The van der Waals surface area contributed by atoms with Crippen LogP contribution in [0.25, 0.3) is 11.5 Å². The molecule has 7 heteroatoms. The largest absolute Gasteiger partial charge is 0.397 e. The van der Waals surface area contributed by atoms with E-state index in [0.717, 1.165) is 10.7 Å². The molecule has 19 heavy (non-hydrogen) atoms. The lowest BCUT2D eigenvalue weighted by molar-refractivity contribution is 0.424. The van der Waals surface area contributed by atoms with Gasteiger partial charge in [-0.25, -0.2) is 4.98 Å². The molecule has 0 aliphatic carbocycles. The second-order valence-corrected chi connectivity index (χ2v) is 5.02. The van der Waals surface area contributed by atoms with E-state index >= 15 is 0 Å². The molecule has 0 bridgehead atoms. The van der Waals surface area contributed by atoms with Gasteiger partial charge in [0, 0.05) is 23.5 Å². The van der Waals surface area contributed by atoms with E-state index < -0.39 is 0 Å². The molecule has 3 aromatic rings. The summed E-state index contributed by atoms with van der Waals surface area (Å²) in [6, 6.07) is 1.75. The number of nitrogens with zero attached hydrogens (tertiary/aromatic N) is 4. The number of nitrogens with two attached hydrogens (primary N) is 1. The average Bonchev–Trinajstić information content (AvgIpc) is 2.99. The fourth-order valence-electron chi connectivity index (χ4n) is 1.64. The van der Waals surface area contributed by atoms with Crippen molar-refractivity contribution in [1.29, 1.82) is 0 Å². The lowest BCUT2D eigenvalue weighted by Gasteiger charge is -1.94. The third-order valence-electron chi connectivity index (χ3n) is 2.45. The van der Waals surface area contributed by atoms with Crippen LogP contribution in [-0.4, -0.2) is 20.1 Å². The summed E-state index contributed by atoms with van der Waals surface area (Å²) in [5.41, 5.74) is 7.95. The maximum Gasteiger partial charge on any atom is 0.259 e. The maximum atomic E-state index is 5.67. The van der Waals surface area contributed by atoms with Crippen molar-refractivity contribution in [2.75, 3.05) is 5.73 Å². The molecule has 3 rings (SSSR count). The van der Waals surface area contributed by atoms with Crippen LogP contribution in [0.3, 0.4) is 0 Å². The van der Waals surface area contributed by atoms with Gasteiger partial charge in [-0.2, -0.15) is 4.98 Å². The van der Waals surface area contributed by atoms with Gasteiger partial charge in [-0.05, 0) is 13.0 Å². The summed E-state index contributed by atoms with van der Waals surface area (Å²) in [4.78, 5) is 12.7. The van der Waals surface area contributed by atoms with E-state index in [2.05, 4.69) is 20.1 Å². The number of hydrogen-bond acceptors (Lipinski definition) is 7. The third-order valence-corrected chi connectivity index (χ3v) is 3.42. The Bertz CT molecular complexity index is 705. The van der Waals surface area contributed by atoms with Gasteiger partial charge in [-0.1, -0.05) is 5.16 Å². The Morgan fingerprint density at radius 1 is 1.32 bits per heavy atom. The van der Waals surface area contributed by atoms with E-state index in [0.29, 0.717) is 29.4 Å². The molecular weight excluding hydrogens is 262 g/mol. The molecule has 0 aromatic carbocycles. The molecule has 2 N–H and O–H groups in total. The van der Waals surface area contributed by atoms with Crippen molar-refractivity contribution in [2.24, 2.45) is 0 Å². The van der Waals surface area contributed by atoms with Crippen molar-refractivity contribution in [3.8, 4) is 11.5 Å². The quantitative estimate of drug-likeness (QED) is 0.785. The van der Waals surface area contributed by atoms with Crippen LogP contribution in [0.4, 0.5) is 5.69 Å². The number of aromatic nitrogens is 4. The van der Waals surface area contributed by atoms with E-state index in [1.165, 1.54) is 0 Å². The summed E-state index contributed by atoms with van der Waals surface area (Å²) >= 11 is 1.59. The Hall–Kier alpha value is -2.28. The molecule has 0 amide bonds. The fraction of sp³-hybridized carbons (Fsp3) is 0.167. The summed E-state index contributed by atoms with van der Waals surface area (Å²) < 4.78 is 5.20. The second-order valence-electron chi connectivity index (χ2n) is 4.08. The zero-order valence-electron chi connectivity index (χ0n) is 10.2. The average molecular weight is 273 g/mol. The maximum absolute atomic E-state index is 5.67. The minimum absolute atomic E-state index is 0.420. The highest BCUT2D eigenvalue weighted by Crippen LogP contribution is 2.19. The highest BCUT2D eigenvalue weighted by Gasteiger charge is 2.11. The highest BCUT2D eigenvalue weighted by molar-refractivity contribution is 7.09. The van der Waals surface area contributed by atoms with Crippen LogP contribution in [0.5, 0.6) is 0 Å². The van der Waals surface area contributed by atoms with Crippen LogP contribution in [-0.2, 0) is 6.42 Å². The molecule has 6 nitrogen and oxygen atoms in total. The van der Waals surface area contributed by atoms with E-state index in [4.69, 9.17) is 10.3 Å². The van der Waals surface area contributed by atoms with Crippen molar-refractivity contribution in [3.63, 3.8) is 0 Å². The number of pyridine rings is 1. The zero-order valence-corrected chi connectivity index (χ0v) is 11.0. The van der Waals surface area contributed by atoms with Crippen LogP contribution in [0.2, 0.25) is 0 Å². The minimum Gasteiger partial charge on any atom is -0.397 e. The number of anilines is 1. The number of hydrogen-bond donors (Lipinski definition) is 1. The predicted octanol–water partition coefficient (Wildman–Crippen LogP) is 2.07. The second kappa shape index (κ2) is 4.77. The van der Waals surface area contributed by atoms with Gasteiger partial charge in [0.25, 0.3) is 5.89 Å².